The molecule has 1 rings (SSSR count). The number of hydrogen-bond donors (Lipinski definition) is 1. The number of amides is 1. The smallest absolute Gasteiger partial charge is 0.224 e. The van der Waals surface area contributed by atoms with E-state index < -0.39 is 0 Å². The molecule has 0 bridgehead atoms. The third kappa shape index (κ3) is 5.83. The molecule has 18 heavy (non-hydrogen) atoms. The van der Waals surface area contributed by atoms with E-state index in [1.165, 1.54) is 12.8 Å². The van der Waals surface area contributed by atoms with Gasteiger partial charge < -0.3 is 15.0 Å². The number of ether oxygens (including phenoxy) is 1. The van der Waals surface area contributed by atoms with Gasteiger partial charge in [-0.05, 0) is 32.7 Å². The standard InChI is InChI=1S/C14H28N2O2/c1-3-5-10-16(12-13-7-6-9-15-13)14(17)8-11-18-4-2/h13,15H,3-12H2,1-2H3. The minimum absolute atomic E-state index is 0.241. The van der Waals surface area contributed by atoms with Crippen molar-refractivity contribution in [3.05, 3.63) is 0 Å². The zero-order chi connectivity index (χ0) is 13.2. The van der Waals surface area contributed by atoms with Crippen molar-refractivity contribution in [1.82, 2.24) is 10.2 Å². The van der Waals surface area contributed by atoms with Crippen LogP contribution in [0.4, 0.5) is 0 Å². The molecule has 1 aliphatic rings. The molecule has 1 atom stereocenters. The average molecular weight is 256 g/mol. The van der Waals surface area contributed by atoms with Crippen LogP contribution in [0.1, 0.15) is 46.0 Å². The molecule has 4 heteroatoms. The van der Waals surface area contributed by atoms with Gasteiger partial charge in [-0.3, -0.25) is 4.79 Å². The van der Waals surface area contributed by atoms with Crippen molar-refractivity contribution in [2.45, 2.75) is 52.0 Å². The molecule has 4 nitrogen and oxygen atoms in total. The molecular weight excluding hydrogens is 228 g/mol. The quantitative estimate of drug-likeness (QED) is 0.640. The fourth-order valence-corrected chi connectivity index (χ4v) is 2.31. The van der Waals surface area contributed by atoms with Gasteiger partial charge in [0.15, 0.2) is 0 Å². The Morgan fingerprint density at radius 2 is 2.28 bits per heavy atom. The second kappa shape index (κ2) is 9.34. The molecule has 1 unspecified atom stereocenters. The van der Waals surface area contributed by atoms with Gasteiger partial charge in [0, 0.05) is 25.7 Å². The number of nitrogens with zero attached hydrogens (tertiary/aromatic N) is 1. The van der Waals surface area contributed by atoms with Gasteiger partial charge in [0.25, 0.3) is 0 Å². The highest BCUT2D eigenvalue weighted by Crippen LogP contribution is 2.09. The van der Waals surface area contributed by atoms with Gasteiger partial charge in [0.05, 0.1) is 13.0 Å². The second-order valence-corrected chi connectivity index (χ2v) is 4.93. The third-order valence-corrected chi connectivity index (χ3v) is 3.40. The van der Waals surface area contributed by atoms with Gasteiger partial charge in [0.1, 0.15) is 0 Å². The van der Waals surface area contributed by atoms with Crippen molar-refractivity contribution in [2.75, 3.05) is 32.8 Å². The van der Waals surface area contributed by atoms with E-state index in [1.54, 1.807) is 0 Å². The van der Waals surface area contributed by atoms with E-state index >= 15 is 0 Å². The van der Waals surface area contributed by atoms with Gasteiger partial charge in [-0.15, -0.1) is 0 Å². The van der Waals surface area contributed by atoms with E-state index in [2.05, 4.69) is 12.2 Å². The molecule has 1 amide bonds. The van der Waals surface area contributed by atoms with Crippen molar-refractivity contribution in [3.63, 3.8) is 0 Å². The monoisotopic (exact) mass is 256 g/mol. The maximum absolute atomic E-state index is 12.1. The predicted molar refractivity (Wildman–Crippen MR) is 73.6 cm³/mol. The van der Waals surface area contributed by atoms with E-state index in [9.17, 15) is 4.79 Å². The van der Waals surface area contributed by atoms with Crippen LogP contribution in [-0.2, 0) is 9.53 Å². The highest BCUT2D eigenvalue weighted by molar-refractivity contribution is 5.76. The summed E-state index contributed by atoms with van der Waals surface area (Å²) in [6.07, 6.45) is 5.17. The van der Waals surface area contributed by atoms with E-state index in [-0.39, 0.29) is 5.91 Å². The van der Waals surface area contributed by atoms with Crippen LogP contribution in [0.3, 0.4) is 0 Å². The zero-order valence-electron chi connectivity index (χ0n) is 11.9. The molecule has 0 aromatic heterocycles. The number of nitrogens with one attached hydrogen (secondary N) is 1. The molecule has 0 radical (unpaired) electrons. The highest BCUT2D eigenvalue weighted by atomic mass is 16.5. The lowest BCUT2D eigenvalue weighted by atomic mass is 10.2. The predicted octanol–water partition coefficient (Wildman–Crippen LogP) is 1.79. The third-order valence-electron chi connectivity index (χ3n) is 3.40. The van der Waals surface area contributed by atoms with Gasteiger partial charge in [0.2, 0.25) is 5.91 Å². The normalized spacial score (nSPS) is 19.1. The lowest BCUT2D eigenvalue weighted by Crippen LogP contribution is -2.41. The van der Waals surface area contributed by atoms with Crippen LogP contribution >= 0.6 is 0 Å². The van der Waals surface area contributed by atoms with Crippen molar-refractivity contribution < 1.29 is 9.53 Å². The van der Waals surface area contributed by atoms with Crippen molar-refractivity contribution in [2.24, 2.45) is 0 Å². The Hall–Kier alpha value is -0.610. The number of carbonyl (C=O) groups is 1. The first kappa shape index (κ1) is 15.4. The van der Waals surface area contributed by atoms with Gasteiger partial charge in [-0.25, -0.2) is 0 Å². The van der Waals surface area contributed by atoms with Crippen LogP contribution in [-0.4, -0.2) is 49.7 Å². The summed E-state index contributed by atoms with van der Waals surface area (Å²) in [4.78, 5) is 14.1. The Balaban J connectivity index is 2.34. The Labute approximate surface area is 111 Å². The maximum atomic E-state index is 12.1. The molecule has 0 aliphatic carbocycles. The van der Waals surface area contributed by atoms with Crippen LogP contribution in [0, 0.1) is 0 Å². The minimum atomic E-state index is 0.241. The Morgan fingerprint density at radius 3 is 2.89 bits per heavy atom. The lowest BCUT2D eigenvalue weighted by Gasteiger charge is -2.26. The second-order valence-electron chi connectivity index (χ2n) is 4.93. The summed E-state index contributed by atoms with van der Waals surface area (Å²) in [7, 11) is 0. The molecule has 1 heterocycles. The Kier molecular flexibility index (Phi) is 8.01. The van der Waals surface area contributed by atoms with E-state index in [0.717, 1.165) is 32.5 Å². The molecule has 1 saturated heterocycles. The van der Waals surface area contributed by atoms with Crippen LogP contribution in [0.25, 0.3) is 0 Å². The average Bonchev–Trinajstić information content (AvgIpc) is 2.87. The van der Waals surface area contributed by atoms with Crippen LogP contribution in [0.15, 0.2) is 0 Å². The highest BCUT2D eigenvalue weighted by Gasteiger charge is 2.20. The molecule has 106 valence electrons. The molecule has 0 aromatic rings. The molecule has 1 aliphatic heterocycles. The fourth-order valence-electron chi connectivity index (χ4n) is 2.31. The molecule has 1 fully saturated rings. The first-order valence-corrected chi connectivity index (χ1v) is 7.36. The molecular formula is C14H28N2O2. The summed E-state index contributed by atoms with van der Waals surface area (Å²) in [5.74, 6) is 0.241. The van der Waals surface area contributed by atoms with Crippen molar-refractivity contribution in [3.8, 4) is 0 Å². The summed E-state index contributed by atoms with van der Waals surface area (Å²) in [6, 6.07) is 0.498. The zero-order valence-corrected chi connectivity index (χ0v) is 11.9. The van der Waals surface area contributed by atoms with E-state index in [0.29, 0.717) is 25.7 Å². The maximum Gasteiger partial charge on any atom is 0.224 e. The summed E-state index contributed by atoms with van der Waals surface area (Å²) >= 11 is 0. The first-order valence-electron chi connectivity index (χ1n) is 7.36. The van der Waals surface area contributed by atoms with E-state index in [1.807, 2.05) is 11.8 Å². The molecule has 0 saturated carbocycles. The number of carbonyl (C=O) groups excluding carboxylic acids is 1. The van der Waals surface area contributed by atoms with E-state index in [4.69, 9.17) is 4.74 Å². The lowest BCUT2D eigenvalue weighted by molar-refractivity contribution is -0.132. The summed E-state index contributed by atoms with van der Waals surface area (Å²) in [5, 5.41) is 3.46. The number of rotatable bonds is 9. The first-order chi connectivity index (χ1) is 8.77. The molecule has 0 aromatic carbocycles. The largest absolute Gasteiger partial charge is 0.381 e. The Morgan fingerprint density at radius 1 is 1.44 bits per heavy atom. The number of hydrogen-bond acceptors (Lipinski definition) is 3. The summed E-state index contributed by atoms with van der Waals surface area (Å²) in [6.45, 7) is 8.21. The minimum Gasteiger partial charge on any atom is -0.381 e. The van der Waals surface area contributed by atoms with Gasteiger partial charge in [-0.1, -0.05) is 13.3 Å². The Bertz CT molecular complexity index is 228. The van der Waals surface area contributed by atoms with Crippen molar-refractivity contribution >= 4 is 5.91 Å². The fraction of sp³-hybridized carbons (Fsp3) is 0.929. The van der Waals surface area contributed by atoms with Gasteiger partial charge >= 0.3 is 0 Å². The SMILES string of the molecule is CCCCN(CC1CCCN1)C(=O)CCOCC. The summed E-state index contributed by atoms with van der Waals surface area (Å²) < 4.78 is 5.27. The van der Waals surface area contributed by atoms with Crippen LogP contribution in [0.5, 0.6) is 0 Å². The van der Waals surface area contributed by atoms with Gasteiger partial charge in [-0.2, -0.15) is 0 Å². The topological polar surface area (TPSA) is 41.6 Å². The summed E-state index contributed by atoms with van der Waals surface area (Å²) in [5.41, 5.74) is 0. The van der Waals surface area contributed by atoms with Crippen LogP contribution in [0.2, 0.25) is 0 Å². The van der Waals surface area contributed by atoms with Crippen molar-refractivity contribution in [1.29, 1.82) is 0 Å². The molecule has 1 N–H and O–H groups in total. The molecule has 0 spiro atoms. The van der Waals surface area contributed by atoms with Crippen LogP contribution < -0.4 is 5.32 Å². The number of unbranched alkanes of at least 4 members (excludes halogenated alkanes) is 1.